The second-order valence-electron chi connectivity index (χ2n) is 8.41. The molecule has 1 aliphatic heterocycles. The minimum Gasteiger partial charge on any atom is -0.455 e. The van der Waals surface area contributed by atoms with Crippen molar-refractivity contribution in [3.63, 3.8) is 0 Å². The van der Waals surface area contributed by atoms with Gasteiger partial charge in [0.25, 0.3) is 5.91 Å². The first-order chi connectivity index (χ1) is 11.5. The average molecular weight is 400 g/mol. The molecule has 3 atom stereocenters. The highest BCUT2D eigenvalue weighted by atomic mass is 79.9. The molecule has 5 rings (SSSR count). The molecule has 0 aromatic rings. The minimum absolute atomic E-state index is 0.112. The van der Waals surface area contributed by atoms with E-state index in [1.807, 2.05) is 0 Å². The summed E-state index contributed by atoms with van der Waals surface area (Å²) < 4.78 is 11.0. The van der Waals surface area contributed by atoms with Gasteiger partial charge in [-0.1, -0.05) is 15.9 Å². The quantitative estimate of drug-likeness (QED) is 0.569. The molecular weight excluding hydrogens is 374 g/mol. The Morgan fingerprint density at radius 2 is 1.96 bits per heavy atom. The molecule has 0 aromatic heterocycles. The number of halogens is 1. The molecular formula is C18H26BrNO4. The predicted octanol–water partition coefficient (Wildman–Crippen LogP) is 2.56. The van der Waals surface area contributed by atoms with Crippen LogP contribution in [0.1, 0.15) is 51.4 Å². The number of carbonyl (C=O) groups excluding carboxylic acids is 2. The van der Waals surface area contributed by atoms with Crippen molar-refractivity contribution in [3.8, 4) is 0 Å². The van der Waals surface area contributed by atoms with Gasteiger partial charge in [0, 0.05) is 17.5 Å². The molecule has 0 radical (unpaired) electrons. The Morgan fingerprint density at radius 1 is 1.21 bits per heavy atom. The number of carbonyl (C=O) groups is 2. The van der Waals surface area contributed by atoms with E-state index in [0.29, 0.717) is 18.4 Å². The zero-order valence-corrected chi connectivity index (χ0v) is 15.6. The summed E-state index contributed by atoms with van der Waals surface area (Å²) in [5.74, 6) is 0.878. The summed E-state index contributed by atoms with van der Waals surface area (Å²) >= 11 is 3.90. The largest absolute Gasteiger partial charge is 0.455 e. The lowest BCUT2D eigenvalue weighted by molar-refractivity contribution is -0.171. The maximum Gasteiger partial charge on any atom is 0.312 e. The van der Waals surface area contributed by atoms with Gasteiger partial charge in [0.2, 0.25) is 0 Å². The van der Waals surface area contributed by atoms with Crippen molar-refractivity contribution in [2.24, 2.45) is 17.3 Å². The van der Waals surface area contributed by atoms with E-state index in [9.17, 15) is 9.59 Å². The number of nitrogens with one attached hydrogen (secondary N) is 1. The van der Waals surface area contributed by atoms with E-state index in [1.54, 1.807) is 0 Å². The fourth-order valence-corrected chi connectivity index (χ4v) is 7.21. The van der Waals surface area contributed by atoms with Gasteiger partial charge in [-0.2, -0.15) is 0 Å². The first-order valence-corrected chi connectivity index (χ1v) is 10.0. The molecule has 6 heteroatoms. The van der Waals surface area contributed by atoms with Gasteiger partial charge in [0.15, 0.2) is 6.61 Å². The van der Waals surface area contributed by atoms with Crippen LogP contribution >= 0.6 is 15.9 Å². The molecule has 5 aliphatic rings. The van der Waals surface area contributed by atoms with Crippen molar-refractivity contribution in [1.82, 2.24) is 5.32 Å². The van der Waals surface area contributed by atoms with Gasteiger partial charge >= 0.3 is 5.97 Å². The summed E-state index contributed by atoms with van der Waals surface area (Å²) in [7, 11) is 0. The standard InChI is InChI=1S/C18H26BrNO4/c19-18-7-12-4-13(8-18)6-17(5-12,11-18)16(22)24-10-15(21)20-9-14-2-1-3-23-14/h12-14H,1-11H2,(H,20,21)/t12-,13-,14-,17?,18?/m0/s1. The van der Waals surface area contributed by atoms with Crippen LogP contribution in [-0.4, -0.2) is 42.1 Å². The number of alkyl halides is 1. The van der Waals surface area contributed by atoms with Crippen molar-refractivity contribution >= 4 is 27.8 Å². The normalized spacial score (nSPS) is 43.0. The summed E-state index contributed by atoms with van der Waals surface area (Å²) in [6.07, 6.45) is 8.50. The molecule has 0 unspecified atom stereocenters. The van der Waals surface area contributed by atoms with E-state index in [-0.39, 0.29) is 34.3 Å². The maximum atomic E-state index is 12.8. The van der Waals surface area contributed by atoms with Crippen LogP contribution in [0.4, 0.5) is 0 Å². The third-order valence-corrected chi connectivity index (χ3v) is 7.24. The van der Waals surface area contributed by atoms with E-state index in [0.717, 1.165) is 38.7 Å². The lowest BCUT2D eigenvalue weighted by Crippen LogP contribution is -2.56. The number of hydrogen-bond donors (Lipinski definition) is 1. The number of ether oxygens (including phenoxy) is 2. The number of hydrogen-bond acceptors (Lipinski definition) is 4. The van der Waals surface area contributed by atoms with Crippen molar-refractivity contribution in [2.45, 2.75) is 61.8 Å². The molecule has 5 nitrogen and oxygen atoms in total. The topological polar surface area (TPSA) is 64.6 Å². The molecule has 0 aromatic carbocycles. The van der Waals surface area contributed by atoms with Gasteiger partial charge in [-0.3, -0.25) is 9.59 Å². The molecule has 1 heterocycles. The van der Waals surface area contributed by atoms with Crippen molar-refractivity contribution in [3.05, 3.63) is 0 Å². The van der Waals surface area contributed by atoms with Crippen LogP contribution in [0.25, 0.3) is 0 Å². The van der Waals surface area contributed by atoms with Crippen molar-refractivity contribution in [2.75, 3.05) is 19.8 Å². The van der Waals surface area contributed by atoms with Gasteiger partial charge in [0.1, 0.15) is 0 Å². The van der Waals surface area contributed by atoms with Crippen LogP contribution < -0.4 is 5.32 Å². The molecule has 4 saturated carbocycles. The number of amides is 1. The highest BCUT2D eigenvalue weighted by molar-refractivity contribution is 9.10. The van der Waals surface area contributed by atoms with Gasteiger partial charge in [-0.05, 0) is 63.2 Å². The van der Waals surface area contributed by atoms with Crippen LogP contribution in [0.3, 0.4) is 0 Å². The Labute approximate surface area is 151 Å². The van der Waals surface area contributed by atoms with Crippen LogP contribution in [0.5, 0.6) is 0 Å². The Bertz CT molecular complexity index is 517. The van der Waals surface area contributed by atoms with Crippen LogP contribution in [-0.2, 0) is 19.1 Å². The van der Waals surface area contributed by atoms with Gasteiger partial charge in [0.05, 0.1) is 11.5 Å². The summed E-state index contributed by atoms with van der Waals surface area (Å²) in [6, 6.07) is 0. The molecule has 4 aliphatic carbocycles. The fourth-order valence-electron chi connectivity index (χ4n) is 5.76. The average Bonchev–Trinajstić information content (AvgIpc) is 3.01. The van der Waals surface area contributed by atoms with E-state index in [1.165, 1.54) is 19.3 Å². The molecule has 1 amide bonds. The van der Waals surface area contributed by atoms with Crippen LogP contribution in [0.15, 0.2) is 0 Å². The molecule has 5 fully saturated rings. The third-order valence-electron chi connectivity index (χ3n) is 6.31. The monoisotopic (exact) mass is 399 g/mol. The number of esters is 1. The molecule has 134 valence electrons. The molecule has 4 bridgehead atoms. The molecule has 0 spiro atoms. The van der Waals surface area contributed by atoms with Gasteiger partial charge in [-0.15, -0.1) is 0 Å². The molecule has 1 N–H and O–H groups in total. The summed E-state index contributed by atoms with van der Waals surface area (Å²) in [5.41, 5.74) is -0.359. The summed E-state index contributed by atoms with van der Waals surface area (Å²) in [4.78, 5) is 24.7. The van der Waals surface area contributed by atoms with Crippen molar-refractivity contribution < 1.29 is 19.1 Å². The third kappa shape index (κ3) is 3.24. The number of rotatable bonds is 5. The zero-order chi connectivity index (χ0) is 16.8. The van der Waals surface area contributed by atoms with Crippen LogP contribution in [0.2, 0.25) is 0 Å². The lowest BCUT2D eigenvalue weighted by Gasteiger charge is -2.58. The summed E-state index contributed by atoms with van der Waals surface area (Å²) in [5, 5.41) is 2.81. The van der Waals surface area contributed by atoms with E-state index in [2.05, 4.69) is 21.2 Å². The maximum absolute atomic E-state index is 12.8. The highest BCUT2D eigenvalue weighted by Gasteiger charge is 2.60. The Hall–Kier alpha value is -0.620. The first kappa shape index (κ1) is 16.8. The zero-order valence-electron chi connectivity index (χ0n) is 14.0. The lowest BCUT2D eigenvalue weighted by atomic mass is 9.49. The molecule has 1 saturated heterocycles. The SMILES string of the molecule is O=C(COC(=O)C12C[C@@H]3C[C@H](CC(Br)(C3)C1)C2)NC[C@@H]1CCCO1. The Kier molecular flexibility index (Phi) is 4.40. The minimum atomic E-state index is -0.359. The highest BCUT2D eigenvalue weighted by Crippen LogP contribution is 2.64. The predicted molar refractivity (Wildman–Crippen MR) is 91.7 cm³/mol. The first-order valence-electron chi connectivity index (χ1n) is 9.21. The van der Waals surface area contributed by atoms with Crippen LogP contribution in [0, 0.1) is 17.3 Å². The summed E-state index contributed by atoms with van der Waals surface area (Å²) in [6.45, 7) is 1.11. The van der Waals surface area contributed by atoms with Gasteiger partial charge < -0.3 is 14.8 Å². The van der Waals surface area contributed by atoms with Crippen molar-refractivity contribution in [1.29, 1.82) is 0 Å². The fraction of sp³-hybridized carbons (Fsp3) is 0.889. The Morgan fingerprint density at radius 3 is 2.58 bits per heavy atom. The molecule has 24 heavy (non-hydrogen) atoms. The smallest absolute Gasteiger partial charge is 0.312 e. The Balaban J connectivity index is 1.29. The second-order valence-corrected chi connectivity index (χ2v) is 10.1. The second kappa shape index (κ2) is 6.27. The van der Waals surface area contributed by atoms with E-state index < -0.39 is 0 Å². The van der Waals surface area contributed by atoms with E-state index >= 15 is 0 Å². The van der Waals surface area contributed by atoms with E-state index in [4.69, 9.17) is 9.47 Å². The van der Waals surface area contributed by atoms with Gasteiger partial charge in [-0.25, -0.2) is 0 Å².